The van der Waals surface area contributed by atoms with Gasteiger partial charge in [0.25, 0.3) is 5.91 Å². The minimum absolute atomic E-state index is 0.0443. The number of hydrogen-bond acceptors (Lipinski definition) is 3. The Morgan fingerprint density at radius 1 is 1.27 bits per heavy atom. The molecule has 3 rings (SSSR count). The van der Waals surface area contributed by atoms with E-state index in [9.17, 15) is 4.79 Å². The van der Waals surface area contributed by atoms with Gasteiger partial charge in [-0.2, -0.15) is 0 Å². The first-order valence-corrected chi connectivity index (χ1v) is 8.03. The van der Waals surface area contributed by atoms with E-state index < -0.39 is 0 Å². The number of imidazole rings is 1. The zero-order valence-electron chi connectivity index (χ0n) is 12.3. The highest BCUT2D eigenvalue weighted by Gasteiger charge is 2.10. The Balaban J connectivity index is 1.59. The highest BCUT2D eigenvalue weighted by molar-refractivity contribution is 7.13. The Morgan fingerprint density at radius 2 is 2.09 bits per heavy atom. The van der Waals surface area contributed by atoms with Gasteiger partial charge in [0.15, 0.2) is 0 Å². The second-order valence-electron chi connectivity index (χ2n) is 5.08. The van der Waals surface area contributed by atoms with Crippen LogP contribution in [0.3, 0.4) is 0 Å². The maximum atomic E-state index is 12.1. The molecule has 2 N–H and O–H groups in total. The van der Waals surface area contributed by atoms with Crippen molar-refractivity contribution in [2.75, 3.05) is 6.54 Å². The van der Waals surface area contributed by atoms with Gasteiger partial charge in [-0.25, -0.2) is 4.98 Å². The number of amides is 1. The lowest BCUT2D eigenvalue weighted by molar-refractivity contribution is 0.0954. The quantitative estimate of drug-likeness (QED) is 0.758. The van der Waals surface area contributed by atoms with Crippen LogP contribution >= 0.6 is 11.3 Å². The average Bonchev–Trinajstić information content (AvgIpc) is 3.18. The van der Waals surface area contributed by atoms with Gasteiger partial charge in [0.2, 0.25) is 0 Å². The second-order valence-corrected chi connectivity index (χ2v) is 6.03. The number of nitrogens with one attached hydrogen (secondary N) is 2. The summed E-state index contributed by atoms with van der Waals surface area (Å²) in [6, 6.07) is 11.6. The number of carbonyl (C=O) groups excluding carboxylic acids is 1. The van der Waals surface area contributed by atoms with Crippen molar-refractivity contribution in [3.05, 3.63) is 64.9 Å². The van der Waals surface area contributed by atoms with Crippen molar-refractivity contribution in [3.63, 3.8) is 0 Å². The number of aryl methyl sites for hydroxylation is 1. The first kappa shape index (κ1) is 14.5. The van der Waals surface area contributed by atoms with Crippen LogP contribution in [0.1, 0.15) is 21.6 Å². The molecule has 0 atom stereocenters. The molecular weight excluding hydrogens is 294 g/mol. The number of nitrogens with zero attached hydrogens (tertiary/aromatic N) is 1. The smallest absolute Gasteiger partial charge is 0.251 e. The second kappa shape index (κ2) is 6.58. The molecule has 2 aromatic heterocycles. The predicted octanol–water partition coefficient (Wildman–Crippen LogP) is 3.42. The maximum Gasteiger partial charge on any atom is 0.251 e. The lowest BCUT2D eigenvalue weighted by Gasteiger charge is -2.06. The Morgan fingerprint density at radius 3 is 2.82 bits per heavy atom. The number of thiophene rings is 1. The molecular formula is C17H17N3OS. The molecule has 4 nitrogen and oxygen atoms in total. The number of hydrogen-bond donors (Lipinski definition) is 2. The molecule has 0 saturated heterocycles. The Kier molecular flexibility index (Phi) is 4.34. The maximum absolute atomic E-state index is 12.1. The van der Waals surface area contributed by atoms with Crippen LogP contribution < -0.4 is 5.32 Å². The van der Waals surface area contributed by atoms with Crippen molar-refractivity contribution in [2.24, 2.45) is 0 Å². The van der Waals surface area contributed by atoms with E-state index in [1.807, 2.05) is 42.6 Å². The monoisotopic (exact) mass is 311 g/mol. The molecule has 1 aromatic carbocycles. The summed E-state index contributed by atoms with van der Waals surface area (Å²) in [6.07, 6.45) is 2.43. The zero-order chi connectivity index (χ0) is 15.4. The molecule has 0 aliphatic carbocycles. The molecule has 0 fully saturated rings. The lowest BCUT2D eigenvalue weighted by Crippen LogP contribution is -2.25. The van der Waals surface area contributed by atoms with E-state index in [-0.39, 0.29) is 5.91 Å². The Labute approximate surface area is 133 Å². The minimum Gasteiger partial charge on any atom is -0.352 e. The fourth-order valence-corrected chi connectivity index (χ4v) is 2.99. The normalized spacial score (nSPS) is 10.6. The van der Waals surface area contributed by atoms with Crippen molar-refractivity contribution in [3.8, 4) is 10.6 Å². The largest absolute Gasteiger partial charge is 0.352 e. The van der Waals surface area contributed by atoms with Crippen LogP contribution in [0.5, 0.6) is 0 Å². The highest BCUT2D eigenvalue weighted by atomic mass is 32.1. The van der Waals surface area contributed by atoms with E-state index in [1.54, 1.807) is 17.7 Å². The van der Waals surface area contributed by atoms with Gasteiger partial charge in [0.05, 0.1) is 11.2 Å². The number of aromatic amines is 1. The van der Waals surface area contributed by atoms with Crippen molar-refractivity contribution in [2.45, 2.75) is 13.3 Å². The molecule has 0 bridgehead atoms. The van der Waals surface area contributed by atoms with Gasteiger partial charge in [-0.1, -0.05) is 23.8 Å². The van der Waals surface area contributed by atoms with Crippen molar-refractivity contribution < 1.29 is 4.79 Å². The van der Waals surface area contributed by atoms with Crippen molar-refractivity contribution in [1.82, 2.24) is 15.3 Å². The first-order chi connectivity index (χ1) is 10.7. The average molecular weight is 311 g/mol. The van der Waals surface area contributed by atoms with E-state index >= 15 is 0 Å². The summed E-state index contributed by atoms with van der Waals surface area (Å²) < 4.78 is 0. The van der Waals surface area contributed by atoms with Gasteiger partial charge in [0, 0.05) is 24.2 Å². The fraction of sp³-hybridized carbons (Fsp3) is 0.176. The molecule has 0 aliphatic heterocycles. The summed E-state index contributed by atoms with van der Waals surface area (Å²) in [5, 5.41) is 4.98. The third-order valence-corrected chi connectivity index (χ3v) is 4.32. The van der Waals surface area contributed by atoms with Crippen molar-refractivity contribution >= 4 is 17.2 Å². The summed E-state index contributed by atoms with van der Waals surface area (Å²) in [7, 11) is 0. The summed E-state index contributed by atoms with van der Waals surface area (Å²) in [5.74, 6) is -0.0443. The standard InChI is InChI=1S/C17H17N3OS/c1-12-4-6-13(7-5-12)17(21)18-9-8-14-16(20-11-19-14)15-3-2-10-22-15/h2-7,10-11H,8-9H2,1H3,(H,18,21)(H,19,20). The van der Waals surface area contributed by atoms with E-state index in [2.05, 4.69) is 21.4 Å². The summed E-state index contributed by atoms with van der Waals surface area (Å²) in [5.41, 5.74) is 3.86. The number of H-pyrrole nitrogens is 1. The molecule has 0 radical (unpaired) electrons. The topological polar surface area (TPSA) is 57.8 Å². The van der Waals surface area contributed by atoms with Gasteiger partial charge in [0.1, 0.15) is 5.69 Å². The van der Waals surface area contributed by atoms with Gasteiger partial charge >= 0.3 is 0 Å². The molecule has 2 heterocycles. The molecule has 0 unspecified atom stereocenters. The molecule has 0 aliphatic rings. The Bertz CT molecular complexity index is 745. The lowest BCUT2D eigenvalue weighted by atomic mass is 10.1. The SMILES string of the molecule is Cc1ccc(C(=O)NCCc2[nH]cnc2-c2cccs2)cc1. The van der Waals surface area contributed by atoms with Gasteiger partial charge in [-0.3, -0.25) is 4.79 Å². The zero-order valence-corrected chi connectivity index (χ0v) is 13.1. The third-order valence-electron chi connectivity index (χ3n) is 3.45. The molecule has 0 saturated carbocycles. The fourth-order valence-electron chi connectivity index (χ4n) is 2.25. The molecule has 112 valence electrons. The summed E-state index contributed by atoms with van der Waals surface area (Å²) in [4.78, 5) is 20.7. The molecule has 3 aromatic rings. The number of rotatable bonds is 5. The van der Waals surface area contributed by atoms with E-state index in [4.69, 9.17) is 0 Å². The van der Waals surface area contributed by atoms with Gasteiger partial charge < -0.3 is 10.3 Å². The number of benzene rings is 1. The molecule has 1 amide bonds. The molecule has 22 heavy (non-hydrogen) atoms. The highest BCUT2D eigenvalue weighted by Crippen LogP contribution is 2.25. The van der Waals surface area contributed by atoms with Gasteiger partial charge in [-0.15, -0.1) is 11.3 Å². The van der Waals surface area contributed by atoms with E-state index in [0.29, 0.717) is 12.1 Å². The summed E-state index contributed by atoms with van der Waals surface area (Å²) in [6.45, 7) is 2.58. The third kappa shape index (κ3) is 3.26. The van der Waals surface area contributed by atoms with E-state index in [1.165, 1.54) is 0 Å². The van der Waals surface area contributed by atoms with Crippen LogP contribution in [0, 0.1) is 6.92 Å². The summed E-state index contributed by atoms with van der Waals surface area (Å²) >= 11 is 1.66. The van der Waals surface area contributed by atoms with Gasteiger partial charge in [-0.05, 0) is 30.5 Å². The van der Waals surface area contributed by atoms with Crippen LogP contribution in [0.2, 0.25) is 0 Å². The van der Waals surface area contributed by atoms with Crippen LogP contribution in [0.25, 0.3) is 10.6 Å². The van der Waals surface area contributed by atoms with E-state index in [0.717, 1.165) is 28.2 Å². The molecule has 0 spiro atoms. The van der Waals surface area contributed by atoms with Crippen LogP contribution in [0.15, 0.2) is 48.1 Å². The van der Waals surface area contributed by atoms with Crippen LogP contribution in [-0.2, 0) is 6.42 Å². The van der Waals surface area contributed by atoms with Crippen LogP contribution in [0.4, 0.5) is 0 Å². The molecule has 5 heteroatoms. The number of carbonyl (C=O) groups is 1. The van der Waals surface area contributed by atoms with Crippen LogP contribution in [-0.4, -0.2) is 22.4 Å². The predicted molar refractivity (Wildman–Crippen MR) is 89.1 cm³/mol. The first-order valence-electron chi connectivity index (χ1n) is 7.15. The minimum atomic E-state index is -0.0443. The Hall–Kier alpha value is -2.40. The number of aromatic nitrogens is 2. The van der Waals surface area contributed by atoms with Crippen molar-refractivity contribution in [1.29, 1.82) is 0 Å².